The van der Waals surface area contributed by atoms with E-state index in [1.54, 1.807) is 13.2 Å². The maximum atomic E-state index is 12.9. The van der Waals surface area contributed by atoms with E-state index in [2.05, 4.69) is 0 Å². The summed E-state index contributed by atoms with van der Waals surface area (Å²) in [6.07, 6.45) is 5.77. The largest absolute Gasteiger partial charge is 0.507 e. The molecule has 1 aromatic rings. The summed E-state index contributed by atoms with van der Waals surface area (Å²) >= 11 is 0. The zero-order chi connectivity index (χ0) is 19.0. The van der Waals surface area contributed by atoms with E-state index in [4.69, 9.17) is 4.74 Å². The van der Waals surface area contributed by atoms with Crippen LogP contribution < -0.4 is 4.74 Å². The summed E-state index contributed by atoms with van der Waals surface area (Å²) < 4.78 is 5.13. The van der Waals surface area contributed by atoms with Crippen LogP contribution in [0.1, 0.15) is 47.1 Å². The molecule has 0 radical (unpaired) electrons. The Morgan fingerprint density at radius 2 is 1.48 bits per heavy atom. The highest BCUT2D eigenvalue weighted by Crippen LogP contribution is 2.39. The third kappa shape index (κ3) is 4.22. The molecule has 0 saturated heterocycles. The van der Waals surface area contributed by atoms with Gasteiger partial charge in [0.15, 0.2) is 5.78 Å². The number of benzene rings is 1. The Hall–Kier alpha value is -2.29. The highest BCUT2D eigenvalue weighted by atomic mass is 16.5. The maximum Gasteiger partial charge on any atom is 0.186 e. The predicted octanol–water partition coefficient (Wildman–Crippen LogP) is 5.31. The Morgan fingerprint density at radius 1 is 0.960 bits per heavy atom. The minimum Gasteiger partial charge on any atom is -0.507 e. The minimum atomic E-state index is -0.247. The van der Waals surface area contributed by atoms with Crippen LogP contribution in [-0.4, -0.2) is 18.0 Å². The summed E-state index contributed by atoms with van der Waals surface area (Å²) in [4.78, 5) is 12.9. The molecule has 0 saturated carbocycles. The number of phenolic OH excluding ortho intramolecular Hbond substituents is 1. The van der Waals surface area contributed by atoms with E-state index in [-0.39, 0.29) is 22.4 Å². The Bertz CT molecular complexity index is 742. The van der Waals surface area contributed by atoms with Gasteiger partial charge in [-0.15, -0.1) is 0 Å². The number of ether oxygens (including phenoxy) is 1. The second kappa shape index (κ2) is 6.55. The molecule has 1 N–H and O–H groups in total. The van der Waals surface area contributed by atoms with Crippen LogP contribution in [0.4, 0.5) is 0 Å². The van der Waals surface area contributed by atoms with Crippen LogP contribution in [0.25, 0.3) is 6.08 Å². The van der Waals surface area contributed by atoms with Gasteiger partial charge in [-0.1, -0.05) is 41.5 Å². The Balaban J connectivity index is 2.59. The van der Waals surface area contributed by atoms with E-state index in [0.717, 1.165) is 16.7 Å². The van der Waals surface area contributed by atoms with Crippen molar-refractivity contribution in [3.05, 3.63) is 52.6 Å². The van der Waals surface area contributed by atoms with E-state index in [1.165, 1.54) is 0 Å². The lowest BCUT2D eigenvalue weighted by Crippen LogP contribution is -2.27. The molecule has 0 unspecified atom stereocenters. The van der Waals surface area contributed by atoms with E-state index in [0.29, 0.717) is 11.3 Å². The number of hydrogen-bond donors (Lipinski definition) is 1. The molecule has 1 aliphatic rings. The minimum absolute atomic E-state index is 0.108. The first-order valence-corrected chi connectivity index (χ1v) is 8.51. The molecule has 0 fully saturated rings. The number of ketones is 1. The average molecular weight is 340 g/mol. The van der Waals surface area contributed by atoms with Gasteiger partial charge in [0.25, 0.3) is 0 Å². The van der Waals surface area contributed by atoms with E-state index < -0.39 is 0 Å². The highest BCUT2D eigenvalue weighted by molar-refractivity contribution is 6.12. The molecule has 1 aliphatic carbocycles. The van der Waals surface area contributed by atoms with Gasteiger partial charge in [0.2, 0.25) is 0 Å². The molecule has 0 aliphatic heterocycles. The molecule has 3 heteroatoms. The number of carbonyl (C=O) groups excluding carboxylic acids is 1. The number of carbonyl (C=O) groups is 1. The van der Waals surface area contributed by atoms with Crippen LogP contribution in [0.2, 0.25) is 0 Å². The molecule has 0 aromatic heterocycles. The summed E-state index contributed by atoms with van der Waals surface area (Å²) in [5, 5.41) is 10.2. The number of aromatic hydroxyl groups is 1. The lowest BCUT2D eigenvalue weighted by atomic mass is 9.72. The number of methoxy groups -OCH3 is 1. The zero-order valence-electron chi connectivity index (χ0n) is 16.2. The van der Waals surface area contributed by atoms with Gasteiger partial charge in [0.1, 0.15) is 11.5 Å². The third-order valence-electron chi connectivity index (χ3n) is 4.29. The standard InChI is InChI=1S/C22H28O3/c1-21(2,3)17-11-14(12-18(20(17)24)22(4,5)6)10-15-8-9-16(25-7)13-19(15)23/h8-13,23H,1-7H3. The quantitative estimate of drug-likeness (QED) is 0.793. The summed E-state index contributed by atoms with van der Waals surface area (Å²) in [6, 6.07) is 5.21. The van der Waals surface area contributed by atoms with Gasteiger partial charge >= 0.3 is 0 Å². The number of hydrogen-bond acceptors (Lipinski definition) is 3. The fourth-order valence-corrected chi connectivity index (χ4v) is 2.80. The average Bonchev–Trinajstić information content (AvgIpc) is 2.48. The van der Waals surface area contributed by atoms with Crippen LogP contribution in [0, 0.1) is 10.8 Å². The molecule has 0 amide bonds. The summed E-state index contributed by atoms with van der Waals surface area (Å²) in [7, 11) is 1.57. The van der Waals surface area contributed by atoms with Gasteiger partial charge < -0.3 is 9.84 Å². The van der Waals surface area contributed by atoms with Crippen molar-refractivity contribution in [2.75, 3.05) is 7.11 Å². The normalized spacial score (nSPS) is 15.6. The molecule has 25 heavy (non-hydrogen) atoms. The molecular formula is C22H28O3. The fraction of sp³-hybridized carbons (Fsp3) is 0.409. The lowest BCUT2D eigenvalue weighted by molar-refractivity contribution is -0.114. The molecule has 3 nitrogen and oxygen atoms in total. The molecule has 0 heterocycles. The van der Waals surface area contributed by atoms with Gasteiger partial charge in [-0.3, -0.25) is 4.79 Å². The van der Waals surface area contributed by atoms with Crippen molar-refractivity contribution in [1.29, 1.82) is 0 Å². The van der Waals surface area contributed by atoms with Crippen LogP contribution in [0.3, 0.4) is 0 Å². The van der Waals surface area contributed by atoms with Crippen LogP contribution >= 0.6 is 0 Å². The van der Waals surface area contributed by atoms with Crippen molar-refractivity contribution >= 4 is 11.9 Å². The summed E-state index contributed by atoms with van der Waals surface area (Å²) in [6.45, 7) is 12.3. The maximum absolute atomic E-state index is 12.9. The van der Waals surface area contributed by atoms with Crippen LogP contribution in [-0.2, 0) is 4.79 Å². The first-order valence-electron chi connectivity index (χ1n) is 8.51. The van der Waals surface area contributed by atoms with Crippen LogP contribution in [0.5, 0.6) is 11.5 Å². The van der Waals surface area contributed by atoms with Crippen molar-refractivity contribution < 1.29 is 14.6 Å². The second-order valence-electron chi connectivity index (χ2n) is 8.51. The molecular weight excluding hydrogens is 312 g/mol. The monoisotopic (exact) mass is 340 g/mol. The molecule has 2 rings (SSSR count). The van der Waals surface area contributed by atoms with Crippen molar-refractivity contribution in [1.82, 2.24) is 0 Å². The molecule has 1 aromatic carbocycles. The van der Waals surface area contributed by atoms with E-state index in [9.17, 15) is 9.90 Å². The smallest absolute Gasteiger partial charge is 0.186 e. The Morgan fingerprint density at radius 3 is 1.88 bits per heavy atom. The SMILES string of the molecule is COc1ccc(C=C2C=C(C(C)(C)C)C(=O)C(C(C)(C)C)=C2)c(O)c1. The topological polar surface area (TPSA) is 46.5 Å². The van der Waals surface area contributed by atoms with E-state index in [1.807, 2.05) is 71.9 Å². The second-order valence-corrected chi connectivity index (χ2v) is 8.51. The fourth-order valence-electron chi connectivity index (χ4n) is 2.80. The number of rotatable bonds is 2. The van der Waals surface area contributed by atoms with Gasteiger partial charge in [-0.2, -0.15) is 0 Å². The first kappa shape index (κ1) is 19.0. The van der Waals surface area contributed by atoms with Gasteiger partial charge in [0, 0.05) is 22.8 Å². The zero-order valence-corrected chi connectivity index (χ0v) is 16.2. The van der Waals surface area contributed by atoms with Crippen molar-refractivity contribution in [2.24, 2.45) is 10.8 Å². The molecule has 0 bridgehead atoms. The Labute approximate surface area is 150 Å². The molecule has 0 spiro atoms. The van der Waals surface area contributed by atoms with Crippen molar-refractivity contribution in [3.63, 3.8) is 0 Å². The van der Waals surface area contributed by atoms with E-state index >= 15 is 0 Å². The highest BCUT2D eigenvalue weighted by Gasteiger charge is 2.33. The van der Waals surface area contributed by atoms with Gasteiger partial charge in [-0.05, 0) is 46.8 Å². The van der Waals surface area contributed by atoms with Crippen molar-refractivity contribution in [3.8, 4) is 11.5 Å². The predicted molar refractivity (Wildman–Crippen MR) is 103 cm³/mol. The van der Waals surface area contributed by atoms with Crippen molar-refractivity contribution in [2.45, 2.75) is 41.5 Å². The Kier molecular flexibility index (Phi) is 4.99. The number of phenols is 1. The van der Waals surface area contributed by atoms with Crippen LogP contribution in [0.15, 0.2) is 47.1 Å². The van der Waals surface area contributed by atoms with Gasteiger partial charge in [-0.25, -0.2) is 0 Å². The summed E-state index contributed by atoms with van der Waals surface area (Å²) in [5.74, 6) is 0.867. The van der Waals surface area contributed by atoms with Gasteiger partial charge in [0.05, 0.1) is 7.11 Å². The number of allylic oxidation sites excluding steroid dienone is 5. The molecule has 0 atom stereocenters. The lowest BCUT2D eigenvalue weighted by Gasteiger charge is -2.31. The molecule has 134 valence electrons. The summed E-state index contributed by atoms with van der Waals surface area (Å²) in [5.41, 5.74) is 2.69. The number of Topliss-reactive ketones (excluding diaryl/α,β-unsaturated/α-hetero) is 1. The third-order valence-corrected chi connectivity index (χ3v) is 4.29. The first-order chi connectivity index (χ1) is 11.4.